The van der Waals surface area contributed by atoms with Crippen LogP contribution in [-0.2, 0) is 14.4 Å². The molecule has 0 saturated carbocycles. The monoisotopic (exact) mass is 494 g/mol. The van der Waals surface area contributed by atoms with Gasteiger partial charge in [0.2, 0.25) is 11.7 Å². The third kappa shape index (κ3) is 3.57. The van der Waals surface area contributed by atoms with Crippen LogP contribution < -0.4 is 24.2 Å². The Morgan fingerprint density at radius 1 is 0.800 bits per heavy atom. The van der Waals surface area contributed by atoms with Crippen LogP contribution in [0, 0.1) is 5.92 Å². The number of ether oxygens (including phenoxy) is 3. The SMILES string of the molecule is COc1ccc([C@@H]2[C@@H]3C(=O)N(c4ccccc4Cl)C(=O)[C@@H]3ON2c2ccccc2)c(OC)c1OC. The molecule has 180 valence electrons. The van der Waals surface area contributed by atoms with Gasteiger partial charge in [0.05, 0.1) is 37.7 Å². The standard InChI is InChI=1S/C26H23ClN2O6/c1-32-19-14-13-16(22(33-2)23(19)34-3)21-20-24(35-29(21)15-9-5-4-6-10-15)26(31)28(25(20)30)18-12-8-7-11-17(18)27/h4-14,20-21,24H,1-3H3/t20-,21+,24+/m0/s1. The molecule has 0 spiro atoms. The number of hydrogen-bond acceptors (Lipinski definition) is 7. The predicted octanol–water partition coefficient (Wildman–Crippen LogP) is 4.42. The van der Waals surface area contributed by atoms with E-state index < -0.39 is 29.9 Å². The summed E-state index contributed by atoms with van der Waals surface area (Å²) in [6, 6.07) is 18.9. The number of para-hydroxylation sites is 2. The number of carbonyl (C=O) groups is 2. The van der Waals surface area contributed by atoms with E-state index in [0.29, 0.717) is 39.2 Å². The van der Waals surface area contributed by atoms with Gasteiger partial charge in [-0.3, -0.25) is 14.4 Å². The molecule has 0 aliphatic carbocycles. The molecule has 3 aromatic rings. The quantitative estimate of drug-likeness (QED) is 0.469. The summed E-state index contributed by atoms with van der Waals surface area (Å²) in [6.07, 6.45) is -1.04. The van der Waals surface area contributed by atoms with Gasteiger partial charge in [0.25, 0.3) is 5.91 Å². The zero-order valence-corrected chi connectivity index (χ0v) is 20.1. The van der Waals surface area contributed by atoms with Crippen molar-refractivity contribution in [2.75, 3.05) is 31.3 Å². The van der Waals surface area contributed by atoms with Crippen LogP contribution >= 0.6 is 11.6 Å². The topological polar surface area (TPSA) is 77.5 Å². The maximum atomic E-state index is 13.8. The summed E-state index contributed by atoms with van der Waals surface area (Å²) in [5, 5.41) is 1.90. The van der Waals surface area contributed by atoms with E-state index in [9.17, 15) is 9.59 Å². The van der Waals surface area contributed by atoms with Crippen LogP contribution in [0.4, 0.5) is 11.4 Å². The Balaban J connectivity index is 1.67. The highest BCUT2D eigenvalue weighted by Gasteiger charge is 2.61. The van der Waals surface area contributed by atoms with Gasteiger partial charge in [-0.2, -0.15) is 0 Å². The van der Waals surface area contributed by atoms with Crippen molar-refractivity contribution in [1.82, 2.24) is 0 Å². The highest BCUT2D eigenvalue weighted by molar-refractivity contribution is 6.36. The summed E-state index contributed by atoms with van der Waals surface area (Å²) < 4.78 is 16.7. The highest BCUT2D eigenvalue weighted by atomic mass is 35.5. The first-order chi connectivity index (χ1) is 17.0. The summed E-state index contributed by atoms with van der Waals surface area (Å²) in [4.78, 5) is 34.6. The molecule has 2 fully saturated rings. The Morgan fingerprint density at radius 3 is 2.14 bits per heavy atom. The van der Waals surface area contributed by atoms with Gasteiger partial charge in [-0.25, -0.2) is 9.96 Å². The molecule has 0 bridgehead atoms. The zero-order chi connectivity index (χ0) is 24.7. The van der Waals surface area contributed by atoms with Crippen molar-refractivity contribution in [2.45, 2.75) is 12.1 Å². The van der Waals surface area contributed by atoms with Crippen LogP contribution in [0.1, 0.15) is 11.6 Å². The van der Waals surface area contributed by atoms with E-state index in [-0.39, 0.29) is 0 Å². The lowest BCUT2D eigenvalue weighted by Gasteiger charge is -2.30. The van der Waals surface area contributed by atoms with Crippen molar-refractivity contribution >= 4 is 34.8 Å². The van der Waals surface area contributed by atoms with Crippen molar-refractivity contribution in [2.24, 2.45) is 5.92 Å². The number of nitrogens with zero attached hydrogens (tertiary/aromatic N) is 2. The number of hydrogen-bond donors (Lipinski definition) is 0. The van der Waals surface area contributed by atoms with Gasteiger partial charge in [-0.15, -0.1) is 0 Å². The summed E-state index contributed by atoms with van der Waals surface area (Å²) >= 11 is 6.34. The molecule has 0 radical (unpaired) electrons. The van der Waals surface area contributed by atoms with Gasteiger partial charge < -0.3 is 14.2 Å². The molecule has 0 unspecified atom stereocenters. The number of amides is 2. The van der Waals surface area contributed by atoms with Crippen LogP contribution in [0.3, 0.4) is 0 Å². The molecule has 5 rings (SSSR count). The maximum absolute atomic E-state index is 13.8. The fraction of sp³-hybridized carbons (Fsp3) is 0.231. The smallest absolute Gasteiger partial charge is 0.266 e. The second kappa shape index (κ2) is 9.13. The first-order valence-corrected chi connectivity index (χ1v) is 11.3. The van der Waals surface area contributed by atoms with Crippen LogP contribution in [0.5, 0.6) is 17.2 Å². The van der Waals surface area contributed by atoms with E-state index in [1.807, 2.05) is 30.3 Å². The Labute approximate surface area is 207 Å². The fourth-order valence-electron chi connectivity index (χ4n) is 4.76. The second-order valence-electron chi connectivity index (χ2n) is 8.04. The molecule has 35 heavy (non-hydrogen) atoms. The number of anilines is 2. The third-order valence-electron chi connectivity index (χ3n) is 6.27. The number of carbonyl (C=O) groups excluding carboxylic acids is 2. The fourth-order valence-corrected chi connectivity index (χ4v) is 4.98. The van der Waals surface area contributed by atoms with Crippen LogP contribution in [-0.4, -0.2) is 39.2 Å². The third-order valence-corrected chi connectivity index (χ3v) is 6.59. The van der Waals surface area contributed by atoms with E-state index in [0.717, 1.165) is 4.90 Å². The average Bonchev–Trinajstić information content (AvgIpc) is 3.39. The molecule has 2 saturated heterocycles. The molecule has 3 aromatic carbocycles. The van der Waals surface area contributed by atoms with Crippen molar-refractivity contribution in [3.8, 4) is 17.2 Å². The summed E-state index contributed by atoms with van der Waals surface area (Å²) in [6.45, 7) is 0. The van der Waals surface area contributed by atoms with Crippen molar-refractivity contribution in [3.63, 3.8) is 0 Å². The minimum atomic E-state index is -1.04. The van der Waals surface area contributed by atoms with E-state index in [4.69, 9.17) is 30.6 Å². The van der Waals surface area contributed by atoms with Gasteiger partial charge in [-0.1, -0.05) is 41.9 Å². The van der Waals surface area contributed by atoms with Gasteiger partial charge in [0.1, 0.15) is 12.0 Å². The molecule has 8 nitrogen and oxygen atoms in total. The highest BCUT2D eigenvalue weighted by Crippen LogP contribution is 2.52. The van der Waals surface area contributed by atoms with Crippen molar-refractivity contribution in [1.29, 1.82) is 0 Å². The summed E-state index contributed by atoms with van der Waals surface area (Å²) in [7, 11) is 4.55. The molecular weight excluding hydrogens is 472 g/mol. The first-order valence-electron chi connectivity index (χ1n) is 10.9. The lowest BCUT2D eigenvalue weighted by atomic mass is 9.89. The van der Waals surface area contributed by atoms with Crippen molar-refractivity contribution < 1.29 is 28.6 Å². The van der Waals surface area contributed by atoms with E-state index in [1.165, 1.54) is 21.3 Å². The largest absolute Gasteiger partial charge is 0.493 e. The van der Waals surface area contributed by atoms with Gasteiger partial charge in [0.15, 0.2) is 17.6 Å². The Bertz CT molecular complexity index is 1280. The lowest BCUT2D eigenvalue weighted by Crippen LogP contribution is -2.37. The number of benzene rings is 3. The average molecular weight is 495 g/mol. The Morgan fingerprint density at radius 2 is 1.49 bits per heavy atom. The predicted molar refractivity (Wildman–Crippen MR) is 130 cm³/mol. The molecule has 3 atom stereocenters. The molecule has 2 aliphatic rings. The molecular formula is C26H23ClN2O6. The van der Waals surface area contributed by atoms with E-state index in [1.54, 1.807) is 41.5 Å². The normalized spacial score (nSPS) is 21.3. The summed E-state index contributed by atoms with van der Waals surface area (Å²) in [5.74, 6) is -0.501. The van der Waals surface area contributed by atoms with E-state index >= 15 is 0 Å². The maximum Gasteiger partial charge on any atom is 0.266 e. The first kappa shape index (κ1) is 23.0. The van der Waals surface area contributed by atoms with Crippen molar-refractivity contribution in [3.05, 3.63) is 77.3 Å². The van der Waals surface area contributed by atoms with Crippen LogP contribution in [0.25, 0.3) is 0 Å². The number of fused-ring (bicyclic) bond motifs is 1. The number of halogens is 1. The number of imide groups is 1. The summed E-state index contributed by atoms with van der Waals surface area (Å²) in [5.41, 5.74) is 1.63. The minimum Gasteiger partial charge on any atom is -0.493 e. The Kier molecular flexibility index (Phi) is 6.00. The molecule has 0 aromatic heterocycles. The Hall–Kier alpha value is -3.75. The van der Waals surface area contributed by atoms with Crippen LogP contribution in [0.15, 0.2) is 66.7 Å². The van der Waals surface area contributed by atoms with Crippen LogP contribution in [0.2, 0.25) is 5.02 Å². The molecule has 2 amide bonds. The molecule has 0 N–H and O–H groups in total. The second-order valence-corrected chi connectivity index (χ2v) is 8.45. The zero-order valence-electron chi connectivity index (χ0n) is 19.3. The molecule has 2 heterocycles. The van der Waals surface area contributed by atoms with E-state index in [2.05, 4.69) is 0 Å². The van der Waals surface area contributed by atoms with Gasteiger partial charge in [-0.05, 0) is 36.4 Å². The van der Waals surface area contributed by atoms with Gasteiger partial charge in [0, 0.05) is 5.56 Å². The number of hydroxylamine groups is 1. The minimum absolute atomic E-state index is 0.300. The number of methoxy groups -OCH3 is 3. The number of rotatable bonds is 6. The molecule has 9 heteroatoms. The van der Waals surface area contributed by atoms with Gasteiger partial charge >= 0.3 is 0 Å². The molecule has 2 aliphatic heterocycles. The lowest BCUT2D eigenvalue weighted by molar-refractivity contribution is -0.126.